The van der Waals surface area contributed by atoms with Crippen LogP contribution in [0.25, 0.3) is 10.9 Å². The summed E-state index contributed by atoms with van der Waals surface area (Å²) in [6.07, 6.45) is 2.91. The number of aromatic nitrogens is 1. The number of hydrogen-bond donors (Lipinski definition) is 2. The number of piperidine rings is 1. The molecule has 1 fully saturated rings. The number of benzene rings is 1. The van der Waals surface area contributed by atoms with E-state index in [1.54, 1.807) is 0 Å². The summed E-state index contributed by atoms with van der Waals surface area (Å²) in [5, 5.41) is 0.980. The molecule has 1 aromatic heterocycles. The van der Waals surface area contributed by atoms with Crippen molar-refractivity contribution in [1.29, 1.82) is 0 Å². The van der Waals surface area contributed by atoms with Crippen molar-refractivity contribution >= 4 is 28.2 Å². The van der Waals surface area contributed by atoms with Crippen LogP contribution in [0.4, 0.5) is 11.4 Å². The number of nitrogens with zero attached hydrogens (tertiary/aromatic N) is 2. The molecule has 110 valence electrons. The molecule has 0 saturated carbocycles. The largest absolute Gasteiger partial charge is 0.399 e. The minimum atomic E-state index is -0.263. The van der Waals surface area contributed by atoms with E-state index in [1.807, 2.05) is 31.2 Å². The van der Waals surface area contributed by atoms with Crippen molar-refractivity contribution in [3.8, 4) is 0 Å². The Morgan fingerprint density at radius 1 is 1.33 bits per heavy atom. The summed E-state index contributed by atoms with van der Waals surface area (Å²) < 4.78 is 0. The Kier molecular flexibility index (Phi) is 3.41. The molecule has 5 nitrogen and oxygen atoms in total. The van der Waals surface area contributed by atoms with Gasteiger partial charge in [-0.15, -0.1) is 0 Å². The van der Waals surface area contributed by atoms with E-state index in [0.717, 1.165) is 48.1 Å². The summed E-state index contributed by atoms with van der Waals surface area (Å²) >= 11 is 0. The van der Waals surface area contributed by atoms with Crippen LogP contribution in [0, 0.1) is 6.92 Å². The quantitative estimate of drug-likeness (QED) is 0.826. The van der Waals surface area contributed by atoms with E-state index in [-0.39, 0.29) is 11.9 Å². The first-order chi connectivity index (χ1) is 10.1. The van der Waals surface area contributed by atoms with E-state index in [9.17, 15) is 4.79 Å². The molecule has 1 saturated heterocycles. The Morgan fingerprint density at radius 2 is 2.14 bits per heavy atom. The van der Waals surface area contributed by atoms with Crippen LogP contribution in [-0.4, -0.2) is 23.5 Å². The SMILES string of the molecule is Cc1cc(N2CCCCC2C(N)=O)c2cc(N)ccc2n1. The van der Waals surface area contributed by atoms with Gasteiger partial charge >= 0.3 is 0 Å². The van der Waals surface area contributed by atoms with Gasteiger partial charge in [-0.1, -0.05) is 0 Å². The number of amides is 1. The van der Waals surface area contributed by atoms with Crippen LogP contribution in [-0.2, 0) is 4.79 Å². The lowest BCUT2D eigenvalue weighted by Crippen LogP contribution is -2.48. The Morgan fingerprint density at radius 3 is 2.90 bits per heavy atom. The normalized spacial score (nSPS) is 18.9. The predicted octanol–water partition coefficient (Wildman–Crippen LogP) is 1.97. The first kappa shape index (κ1) is 13.7. The third-order valence-electron chi connectivity index (χ3n) is 4.08. The number of carbonyl (C=O) groups is 1. The number of fused-ring (bicyclic) bond motifs is 1. The fourth-order valence-corrected chi connectivity index (χ4v) is 3.11. The molecule has 0 spiro atoms. The molecule has 0 aliphatic carbocycles. The highest BCUT2D eigenvalue weighted by Gasteiger charge is 2.28. The van der Waals surface area contributed by atoms with E-state index in [2.05, 4.69) is 9.88 Å². The van der Waals surface area contributed by atoms with Gasteiger partial charge in [0.25, 0.3) is 0 Å². The minimum Gasteiger partial charge on any atom is -0.399 e. The molecule has 2 heterocycles. The monoisotopic (exact) mass is 284 g/mol. The molecule has 1 aliphatic rings. The molecule has 5 heteroatoms. The van der Waals surface area contributed by atoms with E-state index >= 15 is 0 Å². The lowest BCUT2D eigenvalue weighted by atomic mass is 9.99. The fourth-order valence-electron chi connectivity index (χ4n) is 3.11. The van der Waals surface area contributed by atoms with Gasteiger partial charge < -0.3 is 16.4 Å². The summed E-state index contributed by atoms with van der Waals surface area (Å²) in [5.41, 5.74) is 15.0. The molecule has 4 N–H and O–H groups in total. The van der Waals surface area contributed by atoms with Gasteiger partial charge in [0.05, 0.1) is 5.52 Å². The minimum absolute atomic E-state index is 0.245. The van der Waals surface area contributed by atoms with Crippen molar-refractivity contribution in [3.05, 3.63) is 30.0 Å². The highest BCUT2D eigenvalue weighted by atomic mass is 16.1. The molecule has 21 heavy (non-hydrogen) atoms. The molecule has 1 atom stereocenters. The van der Waals surface area contributed by atoms with Crippen LogP contribution in [0.3, 0.4) is 0 Å². The van der Waals surface area contributed by atoms with Crippen molar-refractivity contribution in [2.24, 2.45) is 5.73 Å². The zero-order valence-electron chi connectivity index (χ0n) is 12.2. The second-order valence-corrected chi connectivity index (χ2v) is 5.67. The molecule has 1 unspecified atom stereocenters. The molecule has 1 amide bonds. The molecule has 1 aliphatic heterocycles. The van der Waals surface area contributed by atoms with Gasteiger partial charge in [-0.3, -0.25) is 9.78 Å². The predicted molar refractivity (Wildman–Crippen MR) is 85.1 cm³/mol. The Bertz CT molecular complexity index is 698. The van der Waals surface area contributed by atoms with Crippen molar-refractivity contribution in [2.45, 2.75) is 32.2 Å². The third kappa shape index (κ3) is 2.51. The van der Waals surface area contributed by atoms with E-state index < -0.39 is 0 Å². The average Bonchev–Trinajstić information content (AvgIpc) is 2.47. The van der Waals surface area contributed by atoms with Crippen LogP contribution in [0.2, 0.25) is 0 Å². The van der Waals surface area contributed by atoms with Crippen LogP contribution in [0.15, 0.2) is 24.3 Å². The van der Waals surface area contributed by atoms with E-state index in [0.29, 0.717) is 5.69 Å². The average molecular weight is 284 g/mol. The van der Waals surface area contributed by atoms with Gasteiger partial charge in [0.1, 0.15) is 6.04 Å². The standard InChI is InChI=1S/C16H20N4O/c1-10-8-15(12-9-11(17)5-6-13(12)19-10)20-7-3-2-4-14(20)16(18)21/h5-6,8-9,14H,2-4,7,17H2,1H3,(H2,18,21). The second-order valence-electron chi connectivity index (χ2n) is 5.67. The fraction of sp³-hybridized carbons (Fsp3) is 0.375. The molecule has 3 rings (SSSR count). The van der Waals surface area contributed by atoms with Crippen LogP contribution in [0.5, 0.6) is 0 Å². The highest BCUT2D eigenvalue weighted by Crippen LogP contribution is 2.32. The number of primary amides is 1. The number of aryl methyl sites for hydroxylation is 1. The summed E-state index contributed by atoms with van der Waals surface area (Å²) in [7, 11) is 0. The third-order valence-corrected chi connectivity index (χ3v) is 4.08. The molecule has 0 radical (unpaired) electrons. The maximum Gasteiger partial charge on any atom is 0.240 e. The van der Waals surface area contributed by atoms with E-state index in [1.165, 1.54) is 0 Å². The molecule has 0 bridgehead atoms. The summed E-state index contributed by atoms with van der Waals surface area (Å²) in [4.78, 5) is 18.4. The lowest BCUT2D eigenvalue weighted by Gasteiger charge is -2.36. The topological polar surface area (TPSA) is 85.2 Å². The summed E-state index contributed by atoms with van der Waals surface area (Å²) in [6, 6.07) is 7.46. The zero-order chi connectivity index (χ0) is 15.0. The number of rotatable bonds is 2. The Labute approximate surface area is 123 Å². The van der Waals surface area contributed by atoms with Gasteiger partial charge in [0.2, 0.25) is 5.91 Å². The van der Waals surface area contributed by atoms with Gasteiger partial charge in [-0.2, -0.15) is 0 Å². The van der Waals surface area contributed by atoms with Crippen molar-refractivity contribution in [3.63, 3.8) is 0 Å². The number of nitrogens with two attached hydrogens (primary N) is 2. The van der Waals surface area contributed by atoms with Crippen molar-refractivity contribution in [1.82, 2.24) is 4.98 Å². The van der Waals surface area contributed by atoms with Gasteiger partial charge in [-0.25, -0.2) is 0 Å². The van der Waals surface area contributed by atoms with Crippen LogP contribution in [0.1, 0.15) is 25.0 Å². The Hall–Kier alpha value is -2.30. The number of anilines is 2. The summed E-state index contributed by atoms with van der Waals surface area (Å²) in [6.45, 7) is 2.80. The number of hydrogen-bond acceptors (Lipinski definition) is 4. The molecule has 2 aromatic rings. The maximum atomic E-state index is 11.8. The van der Waals surface area contributed by atoms with Crippen LogP contribution < -0.4 is 16.4 Å². The Balaban J connectivity index is 2.17. The molecular weight excluding hydrogens is 264 g/mol. The number of carbonyl (C=O) groups excluding carboxylic acids is 1. The maximum absolute atomic E-state index is 11.8. The molecular formula is C16H20N4O. The highest BCUT2D eigenvalue weighted by molar-refractivity contribution is 5.96. The number of nitrogen functional groups attached to an aromatic ring is 1. The first-order valence-electron chi connectivity index (χ1n) is 7.29. The van der Waals surface area contributed by atoms with Gasteiger partial charge in [-0.05, 0) is 50.5 Å². The smallest absolute Gasteiger partial charge is 0.240 e. The molecule has 1 aromatic carbocycles. The van der Waals surface area contributed by atoms with E-state index in [4.69, 9.17) is 11.5 Å². The number of pyridine rings is 1. The second kappa shape index (κ2) is 5.24. The van der Waals surface area contributed by atoms with Crippen LogP contribution >= 0.6 is 0 Å². The first-order valence-corrected chi connectivity index (χ1v) is 7.29. The lowest BCUT2D eigenvalue weighted by molar-refractivity contribution is -0.119. The van der Waals surface area contributed by atoms with Gasteiger partial charge in [0.15, 0.2) is 0 Å². The zero-order valence-corrected chi connectivity index (χ0v) is 12.2. The van der Waals surface area contributed by atoms with Gasteiger partial charge in [0, 0.05) is 29.0 Å². The van der Waals surface area contributed by atoms with Crippen molar-refractivity contribution < 1.29 is 4.79 Å². The summed E-state index contributed by atoms with van der Waals surface area (Å²) in [5.74, 6) is -0.263. The van der Waals surface area contributed by atoms with Crippen molar-refractivity contribution in [2.75, 3.05) is 17.2 Å².